The van der Waals surface area contributed by atoms with Gasteiger partial charge in [-0.15, -0.1) is 57.9 Å². The van der Waals surface area contributed by atoms with Crippen LogP contribution in [0, 0.1) is 0 Å². The van der Waals surface area contributed by atoms with Crippen molar-refractivity contribution < 1.29 is 59.5 Å². The summed E-state index contributed by atoms with van der Waals surface area (Å²) in [6.45, 7) is 0. The summed E-state index contributed by atoms with van der Waals surface area (Å²) in [5.74, 6) is 1.83. The van der Waals surface area contributed by atoms with Crippen LogP contribution in [0.5, 0.6) is 0 Å². The maximum absolute atomic E-state index is 5.49. The van der Waals surface area contributed by atoms with Crippen LogP contribution in [-0.2, 0) is 25.8 Å². The molecule has 5 heteroatoms. The summed E-state index contributed by atoms with van der Waals surface area (Å²) in [5.41, 5.74) is 7.29. The van der Waals surface area contributed by atoms with Gasteiger partial charge in [0.2, 0.25) is 0 Å². The third-order valence-electron chi connectivity index (χ3n) is 7.28. The van der Waals surface area contributed by atoms with Gasteiger partial charge in [-0.2, -0.15) is 0 Å². The molecule has 0 atom stereocenters. The third kappa shape index (κ3) is 6.70. The molecule has 43 heavy (non-hydrogen) atoms. The summed E-state index contributed by atoms with van der Waals surface area (Å²) in [4.78, 5) is 0. The van der Waals surface area contributed by atoms with Gasteiger partial charge in [-0.1, -0.05) is 119 Å². The minimum absolute atomic E-state index is 0. The van der Waals surface area contributed by atoms with Gasteiger partial charge in [0.15, 0.2) is 0 Å². The van der Waals surface area contributed by atoms with Crippen LogP contribution in [0.4, 0.5) is 0 Å². The van der Waals surface area contributed by atoms with Crippen molar-refractivity contribution in [3.8, 4) is 44.9 Å². The largest absolute Gasteiger partial charge is 4.00 e. The zero-order chi connectivity index (χ0) is 26.7. The molecule has 0 spiro atoms. The van der Waals surface area contributed by atoms with E-state index in [0.717, 1.165) is 22.6 Å². The van der Waals surface area contributed by atoms with Gasteiger partial charge in [-0.25, -0.2) is 0 Å². The molecule has 0 N–H and O–H groups in total. The maximum atomic E-state index is 5.49. The van der Waals surface area contributed by atoms with Crippen molar-refractivity contribution in [3.63, 3.8) is 0 Å². The normalized spacial score (nSPS) is 10.2. The number of benzene rings is 4. The van der Waals surface area contributed by atoms with E-state index in [9.17, 15) is 0 Å². The van der Waals surface area contributed by atoms with Crippen LogP contribution in [-0.4, -0.2) is 0 Å². The fourth-order valence-corrected chi connectivity index (χ4v) is 5.38. The molecule has 208 valence electrons. The molecule has 2 aromatic heterocycles. The van der Waals surface area contributed by atoms with E-state index in [1.807, 2.05) is 36.4 Å². The number of rotatable bonds is 4. The average molecular weight is 764 g/mol. The van der Waals surface area contributed by atoms with E-state index in [2.05, 4.69) is 109 Å². The first kappa shape index (κ1) is 32.0. The van der Waals surface area contributed by atoms with Gasteiger partial charge in [0.05, 0.1) is 24.0 Å². The Hall–Kier alpha value is -3.89. The maximum Gasteiger partial charge on any atom is 4.00 e. The molecule has 0 amide bonds. The Morgan fingerprint density at radius 2 is 0.837 bits per heavy atom. The second-order valence-corrected chi connectivity index (χ2v) is 9.79. The molecule has 0 saturated heterocycles. The van der Waals surface area contributed by atoms with Gasteiger partial charge in [-0.3, -0.25) is 0 Å². The van der Waals surface area contributed by atoms with Crippen molar-refractivity contribution >= 4 is 21.5 Å². The Morgan fingerprint density at radius 1 is 0.419 bits per heavy atom. The topological polar surface area (TPSA) is 26.3 Å². The zero-order valence-corrected chi connectivity index (χ0v) is 28.2. The Labute approximate surface area is 282 Å². The summed E-state index contributed by atoms with van der Waals surface area (Å²) >= 11 is 0. The Bertz CT molecular complexity index is 1840. The zero-order valence-electron chi connectivity index (χ0n) is 23.1. The molecule has 0 aliphatic carbocycles. The first-order chi connectivity index (χ1) is 19.8. The minimum atomic E-state index is 0. The fourth-order valence-electron chi connectivity index (χ4n) is 5.38. The van der Waals surface area contributed by atoms with Crippen molar-refractivity contribution in [2.75, 3.05) is 0 Å². The van der Waals surface area contributed by atoms with E-state index in [0.29, 0.717) is 0 Å². The molecule has 0 aliphatic heterocycles. The number of hydrogen-bond acceptors (Lipinski definition) is 2. The van der Waals surface area contributed by atoms with Crippen molar-refractivity contribution in [2.45, 2.75) is 0 Å². The van der Waals surface area contributed by atoms with Gasteiger partial charge in [0.25, 0.3) is 0 Å². The first-order valence-corrected chi connectivity index (χ1v) is 13.4. The van der Waals surface area contributed by atoms with Crippen LogP contribution in [0.25, 0.3) is 66.4 Å². The Kier molecular flexibility index (Phi) is 10.8. The smallest absolute Gasteiger partial charge is 1.00 e. The molecule has 0 aliphatic rings. The molecular weight excluding hydrogens is 738 g/mol. The second kappa shape index (κ2) is 14.5. The standard InChI is InChI=1S/2C19H13O.2ClH.Hf/c2*1-2-6-14(7-3-1)17-9-4-8-15-12-16(13-18(15)17)19-10-5-11-20-19;;;/h2*1-13H;2*1H;/q2*-1;;;+4/p-2. The van der Waals surface area contributed by atoms with E-state index in [4.69, 9.17) is 8.83 Å². The average Bonchev–Trinajstić information content (AvgIpc) is 3.83. The van der Waals surface area contributed by atoms with Crippen LogP contribution in [0.1, 0.15) is 0 Å². The van der Waals surface area contributed by atoms with E-state index >= 15 is 0 Å². The summed E-state index contributed by atoms with van der Waals surface area (Å²) in [6.07, 6.45) is 3.43. The van der Waals surface area contributed by atoms with Crippen LogP contribution in [0.3, 0.4) is 0 Å². The fraction of sp³-hybridized carbons (Fsp3) is 0. The molecule has 2 heterocycles. The third-order valence-corrected chi connectivity index (χ3v) is 7.28. The van der Waals surface area contributed by atoms with Crippen molar-refractivity contribution in [1.82, 2.24) is 0 Å². The molecule has 2 nitrogen and oxygen atoms in total. The monoisotopic (exact) mass is 764 g/mol. The molecule has 0 bridgehead atoms. The molecule has 0 unspecified atom stereocenters. The predicted octanol–water partition coefficient (Wildman–Crippen LogP) is 4.98. The van der Waals surface area contributed by atoms with Crippen LogP contribution < -0.4 is 24.8 Å². The van der Waals surface area contributed by atoms with E-state index < -0.39 is 0 Å². The van der Waals surface area contributed by atoms with E-state index in [1.165, 1.54) is 43.8 Å². The second-order valence-electron chi connectivity index (χ2n) is 9.79. The van der Waals surface area contributed by atoms with Gasteiger partial charge in [0, 0.05) is 0 Å². The predicted molar refractivity (Wildman–Crippen MR) is 165 cm³/mol. The van der Waals surface area contributed by atoms with Gasteiger partial charge in [0.1, 0.15) is 0 Å². The van der Waals surface area contributed by atoms with Crippen molar-refractivity contribution in [1.29, 1.82) is 0 Å². The molecule has 8 rings (SSSR count). The van der Waals surface area contributed by atoms with Crippen molar-refractivity contribution in [3.05, 3.63) is 158 Å². The first-order valence-electron chi connectivity index (χ1n) is 13.4. The van der Waals surface area contributed by atoms with E-state index in [1.54, 1.807) is 12.5 Å². The molecule has 6 aromatic carbocycles. The van der Waals surface area contributed by atoms with Crippen LogP contribution in [0.2, 0.25) is 0 Å². The summed E-state index contributed by atoms with van der Waals surface area (Å²) in [7, 11) is 0. The number of halogens is 2. The summed E-state index contributed by atoms with van der Waals surface area (Å²) in [5, 5.41) is 5.03. The Morgan fingerprint density at radius 3 is 1.21 bits per heavy atom. The molecule has 0 saturated carbocycles. The number of fused-ring (bicyclic) bond motifs is 2. The van der Waals surface area contributed by atoms with Gasteiger partial charge >= 0.3 is 25.8 Å². The molecule has 0 fully saturated rings. The van der Waals surface area contributed by atoms with Crippen LogP contribution in [0.15, 0.2) is 167 Å². The molecule has 8 aromatic rings. The summed E-state index contributed by atoms with van der Waals surface area (Å²) in [6, 6.07) is 50.4. The van der Waals surface area contributed by atoms with E-state index in [-0.39, 0.29) is 50.7 Å². The molecule has 0 radical (unpaired) electrons. The number of furan rings is 2. The van der Waals surface area contributed by atoms with Gasteiger partial charge < -0.3 is 33.6 Å². The Balaban J connectivity index is 0.000000184. The minimum Gasteiger partial charge on any atom is -1.00 e. The van der Waals surface area contributed by atoms with Gasteiger partial charge in [-0.05, 0) is 23.3 Å². The quantitative estimate of drug-likeness (QED) is 0.187. The summed E-state index contributed by atoms with van der Waals surface area (Å²) < 4.78 is 11.0. The molecular formula is C38H26Cl2HfO2. The van der Waals surface area contributed by atoms with Crippen molar-refractivity contribution in [2.24, 2.45) is 0 Å². The number of hydrogen-bond donors (Lipinski definition) is 0. The SMILES string of the molecule is [Cl-].[Cl-].[Hf+4].c1ccc(-c2cccc3[cH-]c(-c4ccco4)cc23)cc1.c1ccc(-c2cccc3[cH-]c(-c4ccco4)cc23)cc1. The van der Waals surface area contributed by atoms with Crippen LogP contribution >= 0.6 is 0 Å².